The summed E-state index contributed by atoms with van der Waals surface area (Å²) in [7, 11) is 0. The number of aryl methyl sites for hydroxylation is 1. The number of nitrogens with zero attached hydrogens (tertiary/aromatic N) is 4. The molecular formula is C44H42N4. The predicted molar refractivity (Wildman–Crippen MR) is 203 cm³/mol. The average molecular weight is 627 g/mol. The van der Waals surface area contributed by atoms with Crippen LogP contribution >= 0.6 is 0 Å². The zero-order chi connectivity index (χ0) is 33.2. The number of anilines is 3. The van der Waals surface area contributed by atoms with Crippen LogP contribution < -0.4 is 9.80 Å². The van der Waals surface area contributed by atoms with Gasteiger partial charge in [0.25, 0.3) is 0 Å². The SMILES string of the molecule is Cc1ccccc1-c1ccnc(-n2c3ccccc3c3ccc(C(C)(C)c4cccc(N5CN(C(C)(C)C)c6ccccc65)c4)cc32)c1. The number of rotatable bonds is 5. The van der Waals surface area contributed by atoms with E-state index in [-0.39, 0.29) is 11.0 Å². The van der Waals surface area contributed by atoms with Crippen molar-refractivity contribution < 1.29 is 0 Å². The van der Waals surface area contributed by atoms with Gasteiger partial charge in [0.2, 0.25) is 0 Å². The average Bonchev–Trinajstić information content (AvgIpc) is 3.65. The van der Waals surface area contributed by atoms with Crippen molar-refractivity contribution in [3.05, 3.63) is 150 Å². The maximum Gasteiger partial charge on any atom is 0.138 e. The molecule has 8 rings (SSSR count). The summed E-state index contributed by atoms with van der Waals surface area (Å²) >= 11 is 0. The van der Waals surface area contributed by atoms with Crippen molar-refractivity contribution in [1.82, 2.24) is 9.55 Å². The third-order valence-corrected chi connectivity index (χ3v) is 10.3. The third kappa shape index (κ3) is 4.86. The molecule has 3 heterocycles. The molecule has 4 nitrogen and oxygen atoms in total. The van der Waals surface area contributed by atoms with Gasteiger partial charge in [-0.3, -0.25) is 4.57 Å². The van der Waals surface area contributed by atoms with Crippen molar-refractivity contribution in [1.29, 1.82) is 0 Å². The summed E-state index contributed by atoms with van der Waals surface area (Å²) in [6, 6.07) is 46.5. The highest BCUT2D eigenvalue weighted by Crippen LogP contribution is 2.45. The minimum Gasteiger partial charge on any atom is -0.347 e. The Labute approximate surface area is 283 Å². The maximum atomic E-state index is 4.94. The lowest BCUT2D eigenvalue weighted by Gasteiger charge is -2.34. The first-order valence-electron chi connectivity index (χ1n) is 16.9. The van der Waals surface area contributed by atoms with Crippen LogP contribution in [-0.4, -0.2) is 21.8 Å². The van der Waals surface area contributed by atoms with Gasteiger partial charge >= 0.3 is 0 Å². The Bertz CT molecular complexity index is 2320. The first kappa shape index (κ1) is 30.0. The van der Waals surface area contributed by atoms with Crippen LogP contribution in [-0.2, 0) is 5.41 Å². The van der Waals surface area contributed by atoms with Crippen molar-refractivity contribution in [3.8, 4) is 16.9 Å². The van der Waals surface area contributed by atoms with Gasteiger partial charge in [0.1, 0.15) is 5.82 Å². The number of fused-ring (bicyclic) bond motifs is 4. The van der Waals surface area contributed by atoms with E-state index in [2.05, 4.69) is 183 Å². The highest BCUT2D eigenvalue weighted by atomic mass is 15.4. The molecular weight excluding hydrogens is 585 g/mol. The Balaban J connectivity index is 1.24. The molecule has 4 heteroatoms. The second kappa shape index (κ2) is 11.1. The molecule has 5 aromatic carbocycles. The van der Waals surface area contributed by atoms with E-state index in [1.807, 2.05) is 6.20 Å². The number of para-hydroxylation sites is 3. The summed E-state index contributed by atoms with van der Waals surface area (Å²) in [5.74, 6) is 0.926. The van der Waals surface area contributed by atoms with Crippen LogP contribution in [0.5, 0.6) is 0 Å². The highest BCUT2D eigenvalue weighted by Gasteiger charge is 2.34. The van der Waals surface area contributed by atoms with Crippen LogP contribution in [0.2, 0.25) is 0 Å². The molecule has 1 aliphatic heterocycles. The van der Waals surface area contributed by atoms with E-state index in [1.165, 1.54) is 61.2 Å². The second-order valence-corrected chi connectivity index (χ2v) is 14.6. The molecule has 2 aromatic heterocycles. The van der Waals surface area contributed by atoms with Crippen molar-refractivity contribution in [2.45, 2.75) is 52.5 Å². The van der Waals surface area contributed by atoms with Crippen molar-refractivity contribution in [2.24, 2.45) is 0 Å². The van der Waals surface area contributed by atoms with E-state index in [0.717, 1.165) is 18.0 Å². The number of aromatic nitrogens is 2. The Kier molecular flexibility index (Phi) is 6.96. The van der Waals surface area contributed by atoms with E-state index in [0.29, 0.717) is 0 Å². The fraction of sp³-hybridized carbons (Fsp3) is 0.205. The first-order chi connectivity index (χ1) is 23.1. The molecule has 0 aliphatic carbocycles. The zero-order valence-corrected chi connectivity index (χ0v) is 28.7. The molecule has 0 amide bonds. The molecule has 0 atom stereocenters. The van der Waals surface area contributed by atoms with Gasteiger partial charge in [0.05, 0.1) is 29.1 Å². The quantitative estimate of drug-likeness (QED) is 0.190. The standard InChI is InChI=1S/C44H42N4/c1-30-14-7-8-17-35(30)31-24-25-45-42(26-31)48-38-19-10-9-18-36(38)37-23-22-33(28-41(37)48)44(5,6)32-15-13-16-34(27-32)46-29-47(43(2,3)4)40-21-12-11-20-39(40)46/h7-28H,29H2,1-6H3. The molecule has 0 fully saturated rings. The molecule has 48 heavy (non-hydrogen) atoms. The zero-order valence-electron chi connectivity index (χ0n) is 28.7. The van der Waals surface area contributed by atoms with Gasteiger partial charge in [-0.25, -0.2) is 4.98 Å². The van der Waals surface area contributed by atoms with Gasteiger partial charge in [0, 0.05) is 33.6 Å². The van der Waals surface area contributed by atoms with Crippen LogP contribution in [0.15, 0.2) is 134 Å². The van der Waals surface area contributed by atoms with Gasteiger partial charge < -0.3 is 9.80 Å². The lowest BCUT2D eigenvalue weighted by Crippen LogP contribution is -2.42. The fourth-order valence-corrected chi connectivity index (χ4v) is 7.45. The lowest BCUT2D eigenvalue weighted by molar-refractivity contribution is 0.518. The van der Waals surface area contributed by atoms with E-state index >= 15 is 0 Å². The van der Waals surface area contributed by atoms with Crippen molar-refractivity contribution >= 4 is 38.9 Å². The van der Waals surface area contributed by atoms with Crippen molar-refractivity contribution in [3.63, 3.8) is 0 Å². The van der Waals surface area contributed by atoms with E-state index in [1.54, 1.807) is 0 Å². The second-order valence-electron chi connectivity index (χ2n) is 14.6. The lowest BCUT2D eigenvalue weighted by atomic mass is 9.77. The molecule has 0 spiro atoms. The molecule has 0 radical (unpaired) electrons. The molecule has 7 aromatic rings. The summed E-state index contributed by atoms with van der Waals surface area (Å²) in [4.78, 5) is 9.89. The van der Waals surface area contributed by atoms with Gasteiger partial charge in [0.15, 0.2) is 0 Å². The van der Waals surface area contributed by atoms with E-state index < -0.39 is 0 Å². The Morgan fingerprint density at radius 3 is 2.12 bits per heavy atom. The van der Waals surface area contributed by atoms with Crippen LogP contribution in [0.1, 0.15) is 51.3 Å². The molecule has 1 aliphatic rings. The van der Waals surface area contributed by atoms with Gasteiger partial charge in [-0.2, -0.15) is 0 Å². The predicted octanol–water partition coefficient (Wildman–Crippen LogP) is 11.2. The van der Waals surface area contributed by atoms with Gasteiger partial charge in [-0.15, -0.1) is 0 Å². The first-order valence-corrected chi connectivity index (χ1v) is 16.9. The number of pyridine rings is 1. The summed E-state index contributed by atoms with van der Waals surface area (Å²) < 4.78 is 2.34. The fourth-order valence-electron chi connectivity index (χ4n) is 7.45. The largest absolute Gasteiger partial charge is 0.347 e. The topological polar surface area (TPSA) is 24.3 Å². The molecule has 238 valence electrons. The van der Waals surface area contributed by atoms with Crippen LogP contribution in [0.25, 0.3) is 38.8 Å². The maximum absolute atomic E-state index is 4.94. The van der Waals surface area contributed by atoms with E-state index in [9.17, 15) is 0 Å². The molecule has 0 saturated carbocycles. The monoisotopic (exact) mass is 626 g/mol. The number of benzene rings is 5. The summed E-state index contributed by atoms with van der Waals surface area (Å²) in [5, 5.41) is 2.47. The molecule has 0 bridgehead atoms. The molecule has 0 unspecified atom stereocenters. The van der Waals surface area contributed by atoms with Crippen LogP contribution in [0.4, 0.5) is 17.1 Å². The number of hydrogen-bond acceptors (Lipinski definition) is 3. The minimum atomic E-state index is -0.245. The van der Waals surface area contributed by atoms with Gasteiger partial charge in [-0.05, 0) is 104 Å². The molecule has 0 saturated heterocycles. The third-order valence-electron chi connectivity index (χ3n) is 10.3. The number of hydrogen-bond donors (Lipinski definition) is 0. The summed E-state index contributed by atoms with van der Waals surface area (Å²) in [6.45, 7) is 14.5. The van der Waals surface area contributed by atoms with Gasteiger partial charge in [-0.1, -0.05) is 92.7 Å². The Morgan fingerprint density at radius 1 is 0.604 bits per heavy atom. The van der Waals surface area contributed by atoms with Crippen molar-refractivity contribution in [2.75, 3.05) is 16.5 Å². The Morgan fingerprint density at radius 2 is 1.31 bits per heavy atom. The van der Waals surface area contributed by atoms with Crippen LogP contribution in [0, 0.1) is 6.92 Å². The summed E-state index contributed by atoms with van der Waals surface area (Å²) in [6.07, 6.45) is 1.94. The highest BCUT2D eigenvalue weighted by molar-refractivity contribution is 6.09. The Hall–Kier alpha value is -5.35. The molecule has 0 N–H and O–H groups in total. The van der Waals surface area contributed by atoms with E-state index in [4.69, 9.17) is 4.98 Å². The van der Waals surface area contributed by atoms with Crippen LogP contribution in [0.3, 0.4) is 0 Å². The summed E-state index contributed by atoms with van der Waals surface area (Å²) in [5.41, 5.74) is 12.1. The minimum absolute atomic E-state index is 0.0178. The smallest absolute Gasteiger partial charge is 0.138 e. The normalized spacial score (nSPS) is 13.5.